The molecular formula is C15H23NO. The number of rotatable bonds is 8. The molecule has 0 aliphatic carbocycles. The van der Waals surface area contributed by atoms with Gasteiger partial charge >= 0.3 is 0 Å². The lowest BCUT2D eigenvalue weighted by Crippen LogP contribution is -2.21. The summed E-state index contributed by atoms with van der Waals surface area (Å²) in [6, 6.07) is 9.86. The van der Waals surface area contributed by atoms with Crippen LogP contribution in [0, 0.1) is 0 Å². The molecule has 0 spiro atoms. The van der Waals surface area contributed by atoms with E-state index < -0.39 is 0 Å². The molecule has 2 heteroatoms. The van der Waals surface area contributed by atoms with E-state index in [2.05, 4.69) is 6.92 Å². The first-order valence-corrected chi connectivity index (χ1v) is 6.57. The van der Waals surface area contributed by atoms with Gasteiger partial charge in [-0.05, 0) is 12.0 Å². The van der Waals surface area contributed by atoms with Crippen LogP contribution in [0.1, 0.15) is 50.5 Å². The second kappa shape index (κ2) is 8.02. The van der Waals surface area contributed by atoms with Gasteiger partial charge in [-0.25, -0.2) is 0 Å². The predicted molar refractivity (Wildman–Crippen MR) is 72.0 cm³/mol. The third kappa shape index (κ3) is 4.70. The Morgan fingerprint density at radius 1 is 1.18 bits per heavy atom. The first kappa shape index (κ1) is 13.9. The molecule has 2 N–H and O–H groups in total. The van der Waals surface area contributed by atoms with Gasteiger partial charge in [0.2, 0.25) is 0 Å². The number of carbonyl (C=O) groups excluding carboxylic acids is 1. The Hall–Kier alpha value is -1.15. The van der Waals surface area contributed by atoms with E-state index in [1.54, 1.807) is 0 Å². The van der Waals surface area contributed by atoms with E-state index >= 15 is 0 Å². The predicted octanol–water partition coefficient (Wildman–Crippen LogP) is 3.27. The summed E-state index contributed by atoms with van der Waals surface area (Å²) in [6.07, 6.45) is 5.22. The highest BCUT2D eigenvalue weighted by molar-refractivity contribution is 5.85. The molecule has 1 unspecified atom stereocenters. The Morgan fingerprint density at radius 3 is 2.47 bits per heavy atom. The molecule has 0 bridgehead atoms. The first-order chi connectivity index (χ1) is 8.29. The molecule has 0 radical (unpaired) electrons. The molecule has 1 rings (SSSR count). The van der Waals surface area contributed by atoms with Crippen LogP contribution in [0.15, 0.2) is 30.3 Å². The Kier molecular flexibility index (Phi) is 6.56. The van der Waals surface area contributed by atoms with Crippen molar-refractivity contribution in [1.82, 2.24) is 0 Å². The summed E-state index contributed by atoms with van der Waals surface area (Å²) >= 11 is 0. The average molecular weight is 233 g/mol. The van der Waals surface area contributed by atoms with E-state index in [1.165, 1.54) is 12.8 Å². The molecule has 0 saturated carbocycles. The lowest BCUT2D eigenvalue weighted by molar-refractivity contribution is -0.120. The van der Waals surface area contributed by atoms with Crippen molar-refractivity contribution in [3.63, 3.8) is 0 Å². The zero-order valence-electron chi connectivity index (χ0n) is 10.7. The molecule has 1 atom stereocenters. The van der Waals surface area contributed by atoms with Crippen LogP contribution in [-0.2, 0) is 4.79 Å². The van der Waals surface area contributed by atoms with Crippen molar-refractivity contribution in [1.29, 1.82) is 0 Å². The van der Waals surface area contributed by atoms with Crippen LogP contribution < -0.4 is 5.73 Å². The van der Waals surface area contributed by atoms with Gasteiger partial charge in [-0.3, -0.25) is 4.79 Å². The highest BCUT2D eigenvalue weighted by atomic mass is 16.1. The standard InChI is InChI=1S/C15H23NO/c1-2-3-4-8-11-15(17)14(12-16)13-9-6-5-7-10-13/h5-7,9-10,14H,2-4,8,11-12,16H2,1H3. The smallest absolute Gasteiger partial charge is 0.141 e. The molecule has 0 aliphatic heterocycles. The topological polar surface area (TPSA) is 43.1 Å². The Morgan fingerprint density at radius 2 is 1.88 bits per heavy atom. The molecule has 1 aromatic rings. The molecule has 0 amide bonds. The molecule has 0 aromatic heterocycles. The maximum absolute atomic E-state index is 12.1. The fraction of sp³-hybridized carbons (Fsp3) is 0.533. The maximum atomic E-state index is 12.1. The lowest BCUT2D eigenvalue weighted by atomic mass is 9.92. The molecule has 2 nitrogen and oxygen atoms in total. The van der Waals surface area contributed by atoms with E-state index in [0.717, 1.165) is 18.4 Å². The Balaban J connectivity index is 2.48. The van der Waals surface area contributed by atoms with E-state index in [0.29, 0.717) is 13.0 Å². The number of benzene rings is 1. The van der Waals surface area contributed by atoms with Gasteiger partial charge in [0.25, 0.3) is 0 Å². The number of carbonyl (C=O) groups is 1. The quantitative estimate of drug-likeness (QED) is 0.700. The van der Waals surface area contributed by atoms with Gasteiger partial charge in [0, 0.05) is 13.0 Å². The molecule has 0 saturated heterocycles. The summed E-state index contributed by atoms with van der Waals surface area (Å²) in [5.41, 5.74) is 6.77. The minimum absolute atomic E-state index is 0.113. The normalized spacial score (nSPS) is 12.4. The highest BCUT2D eigenvalue weighted by Gasteiger charge is 2.17. The molecule has 0 heterocycles. The van der Waals surface area contributed by atoms with Crippen molar-refractivity contribution in [2.24, 2.45) is 5.73 Å². The maximum Gasteiger partial charge on any atom is 0.141 e. The van der Waals surface area contributed by atoms with Gasteiger partial charge < -0.3 is 5.73 Å². The number of ketones is 1. The number of hydrogen-bond acceptors (Lipinski definition) is 2. The number of nitrogens with two attached hydrogens (primary N) is 1. The molecule has 94 valence electrons. The van der Waals surface area contributed by atoms with Gasteiger partial charge in [-0.2, -0.15) is 0 Å². The van der Waals surface area contributed by atoms with Crippen molar-refractivity contribution in [2.45, 2.75) is 44.9 Å². The highest BCUT2D eigenvalue weighted by Crippen LogP contribution is 2.18. The largest absolute Gasteiger partial charge is 0.329 e. The summed E-state index contributed by atoms with van der Waals surface area (Å²) in [5.74, 6) is 0.174. The zero-order chi connectivity index (χ0) is 12.5. The van der Waals surface area contributed by atoms with Crippen LogP contribution in [0.4, 0.5) is 0 Å². The second-order valence-electron chi connectivity index (χ2n) is 4.48. The summed E-state index contributed by atoms with van der Waals surface area (Å²) in [5, 5.41) is 0. The minimum atomic E-state index is -0.113. The van der Waals surface area contributed by atoms with E-state index in [9.17, 15) is 4.79 Å². The SMILES string of the molecule is CCCCCCC(=O)C(CN)c1ccccc1. The van der Waals surface area contributed by atoms with Crippen LogP contribution in [0.25, 0.3) is 0 Å². The van der Waals surface area contributed by atoms with Crippen molar-refractivity contribution in [2.75, 3.05) is 6.54 Å². The fourth-order valence-corrected chi connectivity index (χ4v) is 2.04. The first-order valence-electron chi connectivity index (χ1n) is 6.57. The van der Waals surface area contributed by atoms with Crippen LogP contribution in [0.3, 0.4) is 0 Å². The van der Waals surface area contributed by atoms with Crippen LogP contribution >= 0.6 is 0 Å². The monoisotopic (exact) mass is 233 g/mol. The van der Waals surface area contributed by atoms with E-state index in [4.69, 9.17) is 5.73 Å². The molecule has 17 heavy (non-hydrogen) atoms. The van der Waals surface area contributed by atoms with E-state index in [-0.39, 0.29) is 11.7 Å². The van der Waals surface area contributed by atoms with Crippen molar-refractivity contribution in [3.05, 3.63) is 35.9 Å². The molecule has 0 aliphatic rings. The van der Waals surface area contributed by atoms with Crippen molar-refractivity contribution >= 4 is 5.78 Å². The van der Waals surface area contributed by atoms with Gasteiger partial charge in [-0.1, -0.05) is 56.5 Å². The van der Waals surface area contributed by atoms with Crippen molar-refractivity contribution < 1.29 is 4.79 Å². The Bertz CT molecular complexity index is 321. The summed E-state index contributed by atoms with van der Waals surface area (Å²) < 4.78 is 0. The van der Waals surface area contributed by atoms with Gasteiger partial charge in [-0.15, -0.1) is 0 Å². The van der Waals surface area contributed by atoms with Crippen molar-refractivity contribution in [3.8, 4) is 0 Å². The number of hydrogen-bond donors (Lipinski definition) is 1. The van der Waals surface area contributed by atoms with Crippen LogP contribution in [0.5, 0.6) is 0 Å². The molecular weight excluding hydrogens is 210 g/mol. The average Bonchev–Trinajstić information content (AvgIpc) is 2.37. The number of Topliss-reactive ketones (excluding diaryl/α,β-unsaturated/α-hetero) is 1. The fourth-order valence-electron chi connectivity index (χ4n) is 2.04. The van der Waals surface area contributed by atoms with Gasteiger partial charge in [0.05, 0.1) is 5.92 Å². The van der Waals surface area contributed by atoms with Gasteiger partial charge in [0.15, 0.2) is 0 Å². The van der Waals surface area contributed by atoms with Crippen LogP contribution in [0.2, 0.25) is 0 Å². The summed E-state index contributed by atoms with van der Waals surface area (Å²) in [4.78, 5) is 12.1. The minimum Gasteiger partial charge on any atom is -0.329 e. The lowest BCUT2D eigenvalue weighted by Gasteiger charge is -2.13. The third-order valence-electron chi connectivity index (χ3n) is 3.10. The second-order valence-corrected chi connectivity index (χ2v) is 4.48. The Labute approximate surface area is 104 Å². The third-order valence-corrected chi connectivity index (χ3v) is 3.10. The zero-order valence-corrected chi connectivity index (χ0v) is 10.7. The van der Waals surface area contributed by atoms with E-state index in [1.807, 2.05) is 30.3 Å². The summed E-state index contributed by atoms with van der Waals surface area (Å²) in [7, 11) is 0. The molecule has 1 aromatic carbocycles. The van der Waals surface area contributed by atoms with Crippen LogP contribution in [-0.4, -0.2) is 12.3 Å². The number of unbranched alkanes of at least 4 members (excludes halogenated alkanes) is 3. The van der Waals surface area contributed by atoms with Gasteiger partial charge in [0.1, 0.15) is 5.78 Å². The summed E-state index contributed by atoms with van der Waals surface area (Å²) in [6.45, 7) is 2.59. The molecule has 0 fully saturated rings.